The lowest BCUT2D eigenvalue weighted by atomic mass is 9.95. The molecule has 202 valence electrons. The first-order chi connectivity index (χ1) is 16.1. The second-order valence-corrected chi connectivity index (χ2v) is 9.76. The molecular weight excluding hydrogens is 508 g/mol. The number of aliphatic hydroxyl groups is 1. The van der Waals surface area contributed by atoms with E-state index in [1.165, 1.54) is 24.6 Å². The summed E-state index contributed by atoms with van der Waals surface area (Å²) in [4.78, 5) is 18.6. The summed E-state index contributed by atoms with van der Waals surface area (Å²) < 4.78 is 15.2. The van der Waals surface area contributed by atoms with Crippen molar-refractivity contribution in [2.24, 2.45) is 0 Å². The van der Waals surface area contributed by atoms with Crippen molar-refractivity contribution in [1.82, 2.24) is 4.90 Å². The Labute approximate surface area is 222 Å². The Bertz CT molecular complexity index is 947. The standard InChI is InChI=1S/C25H32N2O5S.ClH.2H2O/c1-30-20-9-10-21-22(17-20)33-25(24(29)31-2,23(28)18-32-21)11-6-12-26-13-15-27(16-14-26)19-7-4-3-5-8-19;;;/h3-5,7-10,17,23,28H,6,11-16,18H2,1-2H3;1H;2*1H2. The number of carbonyl (C=O) groups excluding carboxylic acids is 1. The summed E-state index contributed by atoms with van der Waals surface area (Å²) in [5.74, 6) is 0.895. The summed E-state index contributed by atoms with van der Waals surface area (Å²) in [6.45, 7) is 4.80. The number of anilines is 1. The molecule has 0 aliphatic carbocycles. The molecule has 2 aliphatic heterocycles. The van der Waals surface area contributed by atoms with Crippen molar-refractivity contribution in [3.8, 4) is 11.5 Å². The number of ether oxygens (including phenoxy) is 3. The van der Waals surface area contributed by atoms with Gasteiger partial charge in [0.2, 0.25) is 0 Å². The Kier molecular flexibility index (Phi) is 12.8. The first-order valence-corrected chi connectivity index (χ1v) is 12.2. The molecule has 9 nitrogen and oxygen atoms in total. The number of para-hydroxylation sites is 1. The van der Waals surface area contributed by atoms with E-state index in [0.29, 0.717) is 17.9 Å². The van der Waals surface area contributed by atoms with Gasteiger partial charge in [0, 0.05) is 31.9 Å². The van der Waals surface area contributed by atoms with Gasteiger partial charge in [-0.2, -0.15) is 0 Å². The fourth-order valence-electron chi connectivity index (χ4n) is 4.49. The van der Waals surface area contributed by atoms with Crippen LogP contribution in [0.5, 0.6) is 11.5 Å². The lowest BCUT2D eigenvalue weighted by Crippen LogP contribution is -2.50. The molecule has 5 N–H and O–H groups in total. The number of benzene rings is 2. The predicted molar refractivity (Wildman–Crippen MR) is 144 cm³/mol. The molecule has 1 saturated heterocycles. The summed E-state index contributed by atoms with van der Waals surface area (Å²) in [6.07, 6.45) is 0.275. The van der Waals surface area contributed by atoms with Gasteiger partial charge in [0.1, 0.15) is 29.0 Å². The lowest BCUT2D eigenvalue weighted by molar-refractivity contribution is -0.147. The molecule has 2 aliphatic rings. The molecule has 0 saturated carbocycles. The van der Waals surface area contributed by atoms with Crippen molar-refractivity contribution in [1.29, 1.82) is 0 Å². The molecule has 11 heteroatoms. The fraction of sp³-hybridized carbons (Fsp3) is 0.480. The van der Waals surface area contributed by atoms with Crippen molar-refractivity contribution >= 4 is 35.8 Å². The van der Waals surface area contributed by atoms with Crippen LogP contribution in [0, 0.1) is 0 Å². The molecule has 4 rings (SSSR count). The van der Waals surface area contributed by atoms with E-state index in [-0.39, 0.29) is 30.0 Å². The summed E-state index contributed by atoms with van der Waals surface area (Å²) in [6, 6.07) is 15.9. The van der Waals surface area contributed by atoms with Gasteiger partial charge >= 0.3 is 5.97 Å². The van der Waals surface area contributed by atoms with Crippen LogP contribution in [-0.4, -0.2) is 91.3 Å². The maximum atomic E-state index is 13.0. The molecule has 2 atom stereocenters. The number of halogens is 1. The van der Waals surface area contributed by atoms with Gasteiger partial charge in [-0.05, 0) is 49.7 Å². The number of thioether (sulfide) groups is 1. The van der Waals surface area contributed by atoms with Crippen LogP contribution in [0.4, 0.5) is 5.69 Å². The predicted octanol–water partition coefficient (Wildman–Crippen LogP) is 1.83. The van der Waals surface area contributed by atoms with Crippen molar-refractivity contribution in [2.75, 3.05) is 58.5 Å². The van der Waals surface area contributed by atoms with Crippen LogP contribution in [0.1, 0.15) is 12.8 Å². The smallest absolute Gasteiger partial charge is 0.325 e. The number of aliphatic hydroxyl groups excluding tert-OH is 1. The fourth-order valence-corrected chi connectivity index (χ4v) is 5.90. The van der Waals surface area contributed by atoms with Gasteiger partial charge in [-0.25, -0.2) is 0 Å². The van der Waals surface area contributed by atoms with E-state index in [1.54, 1.807) is 7.11 Å². The third-order valence-electron chi connectivity index (χ3n) is 6.43. The number of hydrogen-bond donors (Lipinski definition) is 1. The average molecular weight is 545 g/mol. The molecular formula is C25H37ClN2O7S. The van der Waals surface area contributed by atoms with Crippen LogP contribution in [0.25, 0.3) is 0 Å². The molecule has 0 radical (unpaired) electrons. The highest BCUT2D eigenvalue weighted by Gasteiger charge is 2.49. The molecule has 0 aromatic heterocycles. The van der Waals surface area contributed by atoms with E-state index >= 15 is 0 Å². The third-order valence-corrected chi connectivity index (χ3v) is 7.97. The molecule has 1 fully saturated rings. The van der Waals surface area contributed by atoms with E-state index in [4.69, 9.17) is 14.2 Å². The van der Waals surface area contributed by atoms with Gasteiger partial charge < -0.3 is 35.2 Å². The second-order valence-electron chi connectivity index (χ2n) is 8.39. The summed E-state index contributed by atoms with van der Waals surface area (Å²) in [5, 5.41) is 11.0. The minimum atomic E-state index is -1.13. The highest BCUT2D eigenvalue weighted by Crippen LogP contribution is 2.47. The zero-order chi connectivity index (χ0) is 23.3. The molecule has 0 amide bonds. The maximum absolute atomic E-state index is 13.0. The Morgan fingerprint density at radius 2 is 1.81 bits per heavy atom. The van der Waals surface area contributed by atoms with Gasteiger partial charge in [0.15, 0.2) is 0 Å². The van der Waals surface area contributed by atoms with Crippen LogP contribution < -0.4 is 14.4 Å². The number of piperazine rings is 1. The van der Waals surface area contributed by atoms with Crippen LogP contribution in [0.2, 0.25) is 0 Å². The molecule has 2 heterocycles. The van der Waals surface area contributed by atoms with Gasteiger partial charge in [0.25, 0.3) is 0 Å². The highest BCUT2D eigenvalue weighted by atomic mass is 35.5. The summed E-state index contributed by atoms with van der Waals surface area (Å²) in [5.41, 5.74) is 1.26. The number of hydrogen-bond acceptors (Lipinski definition) is 8. The van der Waals surface area contributed by atoms with Gasteiger partial charge in [-0.15, -0.1) is 24.2 Å². The first-order valence-electron chi connectivity index (χ1n) is 11.3. The largest absolute Gasteiger partial charge is 0.497 e. The Morgan fingerprint density at radius 3 is 2.44 bits per heavy atom. The van der Waals surface area contributed by atoms with Gasteiger partial charge in [0.05, 0.1) is 19.1 Å². The Balaban J connectivity index is 0.00000216. The van der Waals surface area contributed by atoms with E-state index in [9.17, 15) is 9.90 Å². The third kappa shape index (κ3) is 6.96. The maximum Gasteiger partial charge on any atom is 0.325 e. The quantitative estimate of drug-likeness (QED) is 0.522. The SMILES string of the molecule is COC(=O)C1(CCCN2CCN(c3ccccc3)CC2)Sc2cc(OC)ccc2OCC1O.Cl.O.O. The van der Waals surface area contributed by atoms with Crippen molar-refractivity contribution in [3.05, 3.63) is 48.5 Å². The molecule has 2 unspecified atom stereocenters. The van der Waals surface area contributed by atoms with Gasteiger partial charge in [-0.1, -0.05) is 18.2 Å². The number of methoxy groups -OCH3 is 2. The Morgan fingerprint density at radius 1 is 1.11 bits per heavy atom. The Hall–Kier alpha value is -2.21. The molecule has 0 spiro atoms. The van der Waals surface area contributed by atoms with Gasteiger partial charge in [-0.3, -0.25) is 9.69 Å². The van der Waals surface area contributed by atoms with Crippen LogP contribution in [-0.2, 0) is 9.53 Å². The monoisotopic (exact) mass is 544 g/mol. The van der Waals surface area contributed by atoms with E-state index in [2.05, 4.69) is 34.1 Å². The van der Waals surface area contributed by atoms with Crippen molar-refractivity contribution in [2.45, 2.75) is 28.6 Å². The summed E-state index contributed by atoms with van der Waals surface area (Å²) in [7, 11) is 2.97. The zero-order valence-corrected chi connectivity index (χ0v) is 22.3. The van der Waals surface area contributed by atoms with E-state index in [1.807, 2.05) is 24.3 Å². The highest BCUT2D eigenvalue weighted by molar-refractivity contribution is 8.01. The topological polar surface area (TPSA) is 134 Å². The van der Waals surface area contributed by atoms with Crippen LogP contribution in [0.15, 0.2) is 53.4 Å². The lowest BCUT2D eigenvalue weighted by Gasteiger charge is -2.37. The van der Waals surface area contributed by atoms with Crippen molar-refractivity contribution < 1.29 is 35.1 Å². The van der Waals surface area contributed by atoms with Crippen LogP contribution >= 0.6 is 24.2 Å². The number of rotatable bonds is 7. The second kappa shape index (κ2) is 14.5. The minimum absolute atomic E-state index is 0. The minimum Gasteiger partial charge on any atom is -0.497 e. The molecule has 2 aromatic carbocycles. The normalized spacial score (nSPS) is 21.3. The summed E-state index contributed by atoms with van der Waals surface area (Å²) >= 11 is 1.32. The molecule has 0 bridgehead atoms. The zero-order valence-electron chi connectivity index (χ0n) is 20.6. The number of carbonyl (C=O) groups is 1. The average Bonchev–Trinajstić information content (AvgIpc) is 3.01. The van der Waals surface area contributed by atoms with E-state index in [0.717, 1.165) is 44.0 Å². The number of esters is 1. The van der Waals surface area contributed by atoms with Crippen molar-refractivity contribution in [3.63, 3.8) is 0 Å². The first kappa shape index (κ1) is 31.8. The van der Waals surface area contributed by atoms with E-state index < -0.39 is 16.8 Å². The van der Waals surface area contributed by atoms with Crippen LogP contribution in [0.3, 0.4) is 0 Å². The molecule has 2 aromatic rings. The number of fused-ring (bicyclic) bond motifs is 1. The number of nitrogens with zero attached hydrogens (tertiary/aromatic N) is 2. The molecule has 36 heavy (non-hydrogen) atoms.